The standard InChI is InChI=1S/C12H13BrFN3/c1-3-8-11(16-17(2)12(8)15)9-6-7(14)4-5-10(9)13/h4-6H,3,15H2,1-2H3. The molecule has 0 amide bonds. The monoisotopic (exact) mass is 297 g/mol. The van der Waals surface area contributed by atoms with E-state index < -0.39 is 0 Å². The van der Waals surface area contributed by atoms with Crippen molar-refractivity contribution in [3.8, 4) is 11.3 Å². The van der Waals surface area contributed by atoms with Crippen LogP contribution < -0.4 is 5.73 Å². The molecule has 0 aliphatic rings. The van der Waals surface area contributed by atoms with E-state index in [0.717, 1.165) is 27.7 Å². The smallest absolute Gasteiger partial charge is 0.125 e. The largest absolute Gasteiger partial charge is 0.384 e. The summed E-state index contributed by atoms with van der Waals surface area (Å²) in [7, 11) is 1.78. The van der Waals surface area contributed by atoms with Crippen molar-refractivity contribution in [3.63, 3.8) is 0 Å². The molecule has 0 radical (unpaired) electrons. The molecule has 0 bridgehead atoms. The zero-order chi connectivity index (χ0) is 12.6. The van der Waals surface area contributed by atoms with E-state index in [9.17, 15) is 4.39 Å². The van der Waals surface area contributed by atoms with Gasteiger partial charge >= 0.3 is 0 Å². The van der Waals surface area contributed by atoms with Gasteiger partial charge in [-0.3, -0.25) is 4.68 Å². The van der Waals surface area contributed by atoms with Gasteiger partial charge in [0.2, 0.25) is 0 Å². The molecular weight excluding hydrogens is 285 g/mol. The summed E-state index contributed by atoms with van der Waals surface area (Å²) in [5.41, 5.74) is 8.34. The van der Waals surface area contributed by atoms with Crippen LogP contribution in [-0.2, 0) is 13.5 Å². The molecule has 1 heterocycles. The van der Waals surface area contributed by atoms with E-state index in [1.807, 2.05) is 6.92 Å². The molecular formula is C12H13BrFN3. The van der Waals surface area contributed by atoms with Crippen LogP contribution >= 0.6 is 15.9 Å². The van der Waals surface area contributed by atoms with Gasteiger partial charge in [0.05, 0.1) is 5.69 Å². The van der Waals surface area contributed by atoms with E-state index in [1.54, 1.807) is 17.8 Å². The third kappa shape index (κ3) is 2.07. The van der Waals surface area contributed by atoms with Crippen LogP contribution in [0.15, 0.2) is 22.7 Å². The Hall–Kier alpha value is -1.36. The molecule has 2 N–H and O–H groups in total. The maximum absolute atomic E-state index is 13.3. The molecule has 0 unspecified atom stereocenters. The Balaban J connectivity index is 2.68. The summed E-state index contributed by atoms with van der Waals surface area (Å²) in [5, 5.41) is 4.35. The molecule has 2 rings (SSSR count). The molecule has 0 aliphatic carbocycles. The van der Waals surface area contributed by atoms with Crippen molar-refractivity contribution >= 4 is 21.7 Å². The zero-order valence-corrected chi connectivity index (χ0v) is 11.3. The zero-order valence-electron chi connectivity index (χ0n) is 9.67. The number of hydrogen-bond donors (Lipinski definition) is 1. The maximum atomic E-state index is 13.3. The number of nitrogens with two attached hydrogens (primary N) is 1. The van der Waals surface area contributed by atoms with Gasteiger partial charge < -0.3 is 5.73 Å². The van der Waals surface area contributed by atoms with E-state index in [2.05, 4.69) is 21.0 Å². The van der Waals surface area contributed by atoms with E-state index in [0.29, 0.717) is 5.82 Å². The number of nitrogen functional groups attached to an aromatic ring is 1. The third-order valence-corrected chi connectivity index (χ3v) is 3.42. The highest BCUT2D eigenvalue weighted by molar-refractivity contribution is 9.10. The van der Waals surface area contributed by atoms with Crippen LogP contribution in [-0.4, -0.2) is 9.78 Å². The van der Waals surface area contributed by atoms with Crippen LogP contribution in [0.25, 0.3) is 11.3 Å². The quantitative estimate of drug-likeness (QED) is 0.925. The molecule has 17 heavy (non-hydrogen) atoms. The van der Waals surface area contributed by atoms with Crippen molar-refractivity contribution in [1.82, 2.24) is 9.78 Å². The lowest BCUT2D eigenvalue weighted by Crippen LogP contribution is -1.98. The van der Waals surface area contributed by atoms with Crippen LogP contribution in [0.3, 0.4) is 0 Å². The summed E-state index contributed by atoms with van der Waals surface area (Å²) in [6, 6.07) is 4.55. The molecule has 0 spiro atoms. The summed E-state index contributed by atoms with van der Waals surface area (Å²) in [4.78, 5) is 0. The second-order valence-electron chi connectivity index (χ2n) is 3.81. The van der Waals surface area contributed by atoms with Crippen LogP contribution in [0, 0.1) is 5.82 Å². The Labute approximate surface area is 108 Å². The Kier molecular flexibility index (Phi) is 3.19. The average molecular weight is 298 g/mol. The summed E-state index contributed by atoms with van der Waals surface area (Å²) < 4.78 is 15.7. The molecule has 90 valence electrons. The summed E-state index contributed by atoms with van der Waals surface area (Å²) in [6.45, 7) is 2.00. The van der Waals surface area contributed by atoms with Gasteiger partial charge in [-0.1, -0.05) is 22.9 Å². The maximum Gasteiger partial charge on any atom is 0.125 e. The number of aromatic nitrogens is 2. The van der Waals surface area contributed by atoms with Gasteiger partial charge in [-0.15, -0.1) is 0 Å². The first-order valence-electron chi connectivity index (χ1n) is 5.31. The Bertz CT molecular complexity index is 563. The van der Waals surface area contributed by atoms with Gasteiger partial charge in [-0.2, -0.15) is 5.10 Å². The first kappa shape index (κ1) is 12.1. The first-order valence-corrected chi connectivity index (χ1v) is 6.10. The van der Waals surface area contributed by atoms with E-state index in [1.165, 1.54) is 12.1 Å². The van der Waals surface area contributed by atoms with Crippen molar-refractivity contribution < 1.29 is 4.39 Å². The first-order chi connectivity index (χ1) is 8.04. The number of aryl methyl sites for hydroxylation is 1. The molecule has 1 aromatic heterocycles. The summed E-state index contributed by atoms with van der Waals surface area (Å²) in [5.74, 6) is 0.341. The van der Waals surface area contributed by atoms with E-state index in [-0.39, 0.29) is 5.82 Å². The molecule has 5 heteroatoms. The highest BCUT2D eigenvalue weighted by Crippen LogP contribution is 2.33. The van der Waals surface area contributed by atoms with Crippen molar-refractivity contribution in [2.24, 2.45) is 7.05 Å². The fraction of sp³-hybridized carbons (Fsp3) is 0.250. The Morgan fingerprint density at radius 1 is 1.47 bits per heavy atom. The van der Waals surface area contributed by atoms with E-state index >= 15 is 0 Å². The molecule has 0 atom stereocenters. The molecule has 2 aromatic rings. The van der Waals surface area contributed by atoms with Gasteiger partial charge in [0.25, 0.3) is 0 Å². The van der Waals surface area contributed by atoms with Gasteiger partial charge in [-0.05, 0) is 24.6 Å². The highest BCUT2D eigenvalue weighted by Gasteiger charge is 2.16. The molecule has 0 saturated heterocycles. The minimum atomic E-state index is -0.283. The van der Waals surface area contributed by atoms with Crippen LogP contribution in [0.4, 0.5) is 10.2 Å². The minimum absolute atomic E-state index is 0.283. The summed E-state index contributed by atoms with van der Waals surface area (Å²) in [6.07, 6.45) is 0.762. The number of benzene rings is 1. The van der Waals surface area contributed by atoms with Crippen LogP contribution in [0.2, 0.25) is 0 Å². The lowest BCUT2D eigenvalue weighted by atomic mass is 10.1. The van der Waals surface area contributed by atoms with Gasteiger partial charge in [0, 0.05) is 22.6 Å². The third-order valence-electron chi connectivity index (χ3n) is 2.73. The number of hydrogen-bond acceptors (Lipinski definition) is 2. The number of nitrogens with zero attached hydrogens (tertiary/aromatic N) is 2. The van der Waals surface area contributed by atoms with Crippen LogP contribution in [0.1, 0.15) is 12.5 Å². The lowest BCUT2D eigenvalue weighted by molar-refractivity contribution is 0.628. The minimum Gasteiger partial charge on any atom is -0.384 e. The second-order valence-corrected chi connectivity index (χ2v) is 4.67. The highest BCUT2D eigenvalue weighted by atomic mass is 79.9. The fourth-order valence-electron chi connectivity index (χ4n) is 1.82. The normalized spacial score (nSPS) is 10.8. The van der Waals surface area contributed by atoms with Gasteiger partial charge in [0.15, 0.2) is 0 Å². The molecule has 1 aromatic carbocycles. The SMILES string of the molecule is CCc1c(-c2cc(F)ccc2Br)nn(C)c1N. The fourth-order valence-corrected chi connectivity index (χ4v) is 2.26. The average Bonchev–Trinajstić information content (AvgIpc) is 2.58. The van der Waals surface area contributed by atoms with Crippen molar-refractivity contribution in [2.75, 3.05) is 5.73 Å². The number of rotatable bonds is 2. The molecule has 0 aliphatic heterocycles. The van der Waals surface area contributed by atoms with Crippen molar-refractivity contribution in [3.05, 3.63) is 34.1 Å². The van der Waals surface area contributed by atoms with Crippen molar-refractivity contribution in [1.29, 1.82) is 0 Å². The molecule has 3 nitrogen and oxygen atoms in total. The number of halogens is 2. The van der Waals surface area contributed by atoms with Gasteiger partial charge in [-0.25, -0.2) is 4.39 Å². The molecule has 0 fully saturated rings. The second kappa shape index (κ2) is 4.49. The van der Waals surface area contributed by atoms with Gasteiger partial charge in [0.1, 0.15) is 11.6 Å². The predicted molar refractivity (Wildman–Crippen MR) is 70.1 cm³/mol. The summed E-state index contributed by atoms with van der Waals surface area (Å²) >= 11 is 3.41. The van der Waals surface area contributed by atoms with E-state index in [4.69, 9.17) is 5.73 Å². The molecule has 0 saturated carbocycles. The Morgan fingerprint density at radius 2 is 2.18 bits per heavy atom. The topological polar surface area (TPSA) is 43.8 Å². The van der Waals surface area contributed by atoms with Crippen LogP contribution in [0.5, 0.6) is 0 Å². The predicted octanol–water partition coefficient (Wildman–Crippen LogP) is 3.13. The number of anilines is 1. The van der Waals surface area contributed by atoms with Crippen molar-refractivity contribution in [2.45, 2.75) is 13.3 Å². The Morgan fingerprint density at radius 3 is 2.82 bits per heavy atom. The lowest BCUT2D eigenvalue weighted by Gasteiger charge is -2.03.